The fraction of sp³-hybridized carbons (Fsp3) is 0.400. The molecule has 0 saturated heterocycles. The Labute approximate surface area is 80.9 Å². The molecule has 1 heterocycles. The fourth-order valence-corrected chi connectivity index (χ4v) is 1.78. The number of hydrogen-bond acceptors (Lipinski definition) is 2. The lowest BCUT2D eigenvalue weighted by Gasteiger charge is -1.93. The number of ketones is 1. The number of nitrogens with one attached hydrogen (secondary N) is 1. The third kappa shape index (κ3) is 1.43. The van der Waals surface area contributed by atoms with E-state index in [9.17, 15) is 9.59 Å². The van der Waals surface area contributed by atoms with Crippen molar-refractivity contribution >= 4 is 11.8 Å². The molecule has 2 rings (SSSR count). The number of carboxylic acids is 1. The van der Waals surface area contributed by atoms with Gasteiger partial charge in [-0.3, -0.25) is 4.79 Å². The summed E-state index contributed by atoms with van der Waals surface area (Å²) in [5.41, 5.74) is 1.47. The van der Waals surface area contributed by atoms with Crippen molar-refractivity contribution < 1.29 is 14.7 Å². The van der Waals surface area contributed by atoms with Crippen LogP contribution < -0.4 is 0 Å². The summed E-state index contributed by atoms with van der Waals surface area (Å²) in [5, 5.41) is 8.75. The molecule has 0 atom stereocenters. The van der Waals surface area contributed by atoms with Gasteiger partial charge in [0.05, 0.1) is 0 Å². The van der Waals surface area contributed by atoms with E-state index < -0.39 is 5.97 Å². The van der Waals surface area contributed by atoms with E-state index in [0.717, 1.165) is 25.0 Å². The summed E-state index contributed by atoms with van der Waals surface area (Å²) >= 11 is 0. The molecule has 0 radical (unpaired) electrons. The Morgan fingerprint density at radius 2 is 2.07 bits per heavy atom. The largest absolute Gasteiger partial charge is 0.477 e. The number of aromatic amines is 1. The second-order valence-corrected chi connectivity index (χ2v) is 3.51. The lowest BCUT2D eigenvalue weighted by atomic mass is 10.1. The summed E-state index contributed by atoms with van der Waals surface area (Å²) in [7, 11) is 0. The maximum absolute atomic E-state index is 11.5. The van der Waals surface area contributed by atoms with E-state index in [1.54, 1.807) is 0 Å². The van der Waals surface area contributed by atoms with E-state index >= 15 is 0 Å². The molecule has 0 saturated carbocycles. The van der Waals surface area contributed by atoms with Crippen LogP contribution in [0.15, 0.2) is 6.07 Å². The highest BCUT2D eigenvalue weighted by atomic mass is 16.4. The van der Waals surface area contributed by atoms with Crippen molar-refractivity contribution in [1.29, 1.82) is 0 Å². The maximum atomic E-state index is 11.5. The van der Waals surface area contributed by atoms with Gasteiger partial charge >= 0.3 is 5.97 Å². The Balaban J connectivity index is 2.44. The Bertz CT molecular complexity index is 392. The Hall–Kier alpha value is -1.58. The molecule has 0 unspecified atom stereocenters. The monoisotopic (exact) mass is 193 g/mol. The van der Waals surface area contributed by atoms with Crippen molar-refractivity contribution in [3.63, 3.8) is 0 Å². The number of carboxylic acid groups (broad SMARTS) is 1. The number of aryl methyl sites for hydroxylation is 1. The van der Waals surface area contributed by atoms with Gasteiger partial charge in [0, 0.05) is 17.7 Å². The van der Waals surface area contributed by atoms with Crippen LogP contribution in [0.1, 0.15) is 45.8 Å². The number of hydrogen-bond donors (Lipinski definition) is 2. The van der Waals surface area contributed by atoms with Gasteiger partial charge in [0.15, 0.2) is 5.78 Å². The van der Waals surface area contributed by atoms with Crippen LogP contribution in [-0.4, -0.2) is 21.8 Å². The van der Waals surface area contributed by atoms with E-state index in [0.29, 0.717) is 12.0 Å². The summed E-state index contributed by atoms with van der Waals surface area (Å²) in [6, 6.07) is 1.45. The molecule has 1 aliphatic rings. The highest BCUT2D eigenvalue weighted by Crippen LogP contribution is 2.21. The van der Waals surface area contributed by atoms with Crippen LogP contribution in [0.5, 0.6) is 0 Å². The SMILES string of the molecule is O=C(O)c1cc2c([nH]1)CCCCC2=O. The molecule has 14 heavy (non-hydrogen) atoms. The third-order valence-corrected chi connectivity index (χ3v) is 2.51. The first-order valence-electron chi connectivity index (χ1n) is 4.67. The van der Waals surface area contributed by atoms with Crippen molar-refractivity contribution in [2.75, 3.05) is 0 Å². The molecule has 0 aliphatic heterocycles. The van der Waals surface area contributed by atoms with Gasteiger partial charge in [-0.25, -0.2) is 4.79 Å². The number of carbonyl (C=O) groups excluding carboxylic acids is 1. The van der Waals surface area contributed by atoms with Crippen LogP contribution in [0, 0.1) is 0 Å². The quantitative estimate of drug-likeness (QED) is 0.666. The predicted octanol–water partition coefficient (Wildman–Crippen LogP) is 1.62. The zero-order valence-corrected chi connectivity index (χ0v) is 7.67. The number of rotatable bonds is 1. The smallest absolute Gasteiger partial charge is 0.352 e. The average molecular weight is 193 g/mol. The molecule has 0 fully saturated rings. The second-order valence-electron chi connectivity index (χ2n) is 3.51. The first-order valence-corrected chi connectivity index (χ1v) is 4.67. The van der Waals surface area contributed by atoms with Gasteiger partial charge in [0.2, 0.25) is 0 Å². The Morgan fingerprint density at radius 1 is 1.36 bits per heavy atom. The van der Waals surface area contributed by atoms with E-state index in [4.69, 9.17) is 5.11 Å². The molecule has 1 aromatic heterocycles. The first kappa shape index (κ1) is 8.99. The summed E-state index contributed by atoms with van der Waals surface area (Å²) in [5.74, 6) is -0.952. The van der Waals surface area contributed by atoms with E-state index in [-0.39, 0.29) is 11.5 Å². The topological polar surface area (TPSA) is 70.2 Å². The lowest BCUT2D eigenvalue weighted by Crippen LogP contribution is -1.97. The Morgan fingerprint density at radius 3 is 2.79 bits per heavy atom. The van der Waals surface area contributed by atoms with Crippen molar-refractivity contribution in [2.45, 2.75) is 25.7 Å². The minimum atomic E-state index is -1.01. The van der Waals surface area contributed by atoms with Crippen molar-refractivity contribution in [1.82, 2.24) is 4.98 Å². The van der Waals surface area contributed by atoms with Crippen molar-refractivity contribution in [2.24, 2.45) is 0 Å². The molecule has 0 spiro atoms. The van der Waals surface area contributed by atoms with Gasteiger partial charge < -0.3 is 10.1 Å². The number of Topliss-reactive ketones (excluding diaryl/α,β-unsaturated/α-hetero) is 1. The lowest BCUT2D eigenvalue weighted by molar-refractivity contribution is 0.0691. The van der Waals surface area contributed by atoms with Gasteiger partial charge in [-0.05, 0) is 25.3 Å². The number of carbonyl (C=O) groups is 2. The van der Waals surface area contributed by atoms with Crippen LogP contribution in [0.4, 0.5) is 0 Å². The molecular weight excluding hydrogens is 182 g/mol. The van der Waals surface area contributed by atoms with E-state index in [1.807, 2.05) is 0 Å². The number of aromatic nitrogens is 1. The zero-order valence-electron chi connectivity index (χ0n) is 7.67. The molecule has 0 amide bonds. The molecule has 4 heteroatoms. The first-order chi connectivity index (χ1) is 6.68. The highest BCUT2D eigenvalue weighted by Gasteiger charge is 2.20. The molecule has 1 aromatic rings. The molecule has 0 aromatic carbocycles. The maximum Gasteiger partial charge on any atom is 0.352 e. The summed E-state index contributed by atoms with van der Waals surface area (Å²) in [6.45, 7) is 0. The second kappa shape index (κ2) is 3.29. The van der Waals surface area contributed by atoms with Crippen molar-refractivity contribution in [3.8, 4) is 0 Å². The molecule has 1 aliphatic carbocycles. The molecule has 0 bridgehead atoms. The van der Waals surface area contributed by atoms with Crippen LogP contribution in [0.25, 0.3) is 0 Å². The minimum absolute atomic E-state index is 0.0567. The molecule has 4 nitrogen and oxygen atoms in total. The van der Waals surface area contributed by atoms with Gasteiger partial charge in [-0.15, -0.1) is 0 Å². The highest BCUT2D eigenvalue weighted by molar-refractivity contribution is 6.00. The molecular formula is C10H11NO3. The number of aromatic carboxylic acids is 1. The summed E-state index contributed by atoms with van der Waals surface area (Å²) in [4.78, 5) is 25.0. The van der Waals surface area contributed by atoms with E-state index in [1.165, 1.54) is 6.07 Å². The predicted molar refractivity (Wildman–Crippen MR) is 49.6 cm³/mol. The van der Waals surface area contributed by atoms with Gasteiger partial charge in [0.25, 0.3) is 0 Å². The average Bonchev–Trinajstić information content (AvgIpc) is 2.49. The van der Waals surface area contributed by atoms with Crippen LogP contribution in [-0.2, 0) is 6.42 Å². The van der Waals surface area contributed by atoms with Crippen LogP contribution in [0.3, 0.4) is 0 Å². The summed E-state index contributed by atoms with van der Waals surface area (Å²) in [6.07, 6.45) is 3.14. The van der Waals surface area contributed by atoms with E-state index in [2.05, 4.69) is 4.98 Å². The van der Waals surface area contributed by atoms with Crippen LogP contribution >= 0.6 is 0 Å². The van der Waals surface area contributed by atoms with Crippen LogP contribution in [0.2, 0.25) is 0 Å². The normalized spacial score (nSPS) is 16.1. The third-order valence-electron chi connectivity index (χ3n) is 2.51. The molecule has 74 valence electrons. The summed E-state index contributed by atoms with van der Waals surface area (Å²) < 4.78 is 0. The number of fused-ring (bicyclic) bond motifs is 1. The van der Waals surface area contributed by atoms with Gasteiger partial charge in [0.1, 0.15) is 5.69 Å². The number of H-pyrrole nitrogens is 1. The Kier molecular flexibility index (Phi) is 2.11. The van der Waals surface area contributed by atoms with Crippen molar-refractivity contribution in [3.05, 3.63) is 23.0 Å². The molecule has 2 N–H and O–H groups in total. The van der Waals surface area contributed by atoms with Gasteiger partial charge in [-0.1, -0.05) is 0 Å². The van der Waals surface area contributed by atoms with Gasteiger partial charge in [-0.2, -0.15) is 0 Å². The minimum Gasteiger partial charge on any atom is -0.477 e. The zero-order chi connectivity index (χ0) is 10.1. The standard InChI is InChI=1S/C10H11NO3/c12-9-4-2-1-3-7-6(9)5-8(11-7)10(13)14/h5,11H,1-4H2,(H,13,14). The fourth-order valence-electron chi connectivity index (χ4n) is 1.78.